The number of carbonyl (C=O) groups excluding carboxylic acids is 1. The number of alkyl halides is 3. The van der Waals surface area contributed by atoms with Gasteiger partial charge in [0.1, 0.15) is 12.4 Å². The van der Waals surface area contributed by atoms with Crippen LogP contribution in [0.3, 0.4) is 0 Å². The normalized spacial score (nSPS) is 12.0. The van der Waals surface area contributed by atoms with E-state index >= 15 is 0 Å². The average molecular weight is 443 g/mol. The minimum Gasteiger partial charge on any atom is -0.810 e. The smallest absolute Gasteiger partial charge is 0.405 e. The third-order valence-corrected chi connectivity index (χ3v) is 4.03. The number of amides is 1. The van der Waals surface area contributed by atoms with Crippen LogP contribution in [0.25, 0.3) is 11.1 Å². The van der Waals surface area contributed by atoms with Gasteiger partial charge in [0.2, 0.25) is 0 Å². The molecular formula is C19H13ClF4N3O3-. The van der Waals surface area contributed by atoms with E-state index in [4.69, 9.17) is 16.7 Å². The second-order valence-corrected chi connectivity index (χ2v) is 6.25. The van der Waals surface area contributed by atoms with Gasteiger partial charge in [-0.1, -0.05) is 11.6 Å². The fraction of sp³-hybridized carbons (Fsp3) is 0.105. The second kappa shape index (κ2) is 9.40. The highest BCUT2D eigenvalue weighted by Crippen LogP contribution is 2.23. The Kier molecular flexibility index (Phi) is 7.17. The van der Waals surface area contributed by atoms with E-state index in [1.54, 1.807) is 0 Å². The SMILES string of the molecule is [N-]=C/C(C(=O)Nc1ccc(Cl)c(C(=O)O)c1)=C(\NCC(F)(F)F)c1ccc(F)cc1. The number of nitrogens with zero attached hydrogens (tertiary/aromatic N) is 1. The molecule has 1 amide bonds. The van der Waals surface area contributed by atoms with E-state index in [0.717, 1.165) is 30.3 Å². The molecule has 0 heterocycles. The molecule has 0 atom stereocenters. The summed E-state index contributed by atoms with van der Waals surface area (Å²) < 4.78 is 51.2. The molecule has 6 nitrogen and oxygen atoms in total. The van der Waals surface area contributed by atoms with Gasteiger partial charge < -0.3 is 21.1 Å². The largest absolute Gasteiger partial charge is 0.810 e. The van der Waals surface area contributed by atoms with Gasteiger partial charge in [-0.15, -0.1) is 0 Å². The molecule has 158 valence electrons. The molecule has 0 saturated heterocycles. The first kappa shape index (κ1) is 22.9. The van der Waals surface area contributed by atoms with Gasteiger partial charge in [-0.25, -0.2) is 9.18 Å². The maximum Gasteiger partial charge on any atom is 0.405 e. The third-order valence-electron chi connectivity index (χ3n) is 3.70. The van der Waals surface area contributed by atoms with Crippen LogP contribution in [0.2, 0.25) is 5.02 Å². The minimum atomic E-state index is -4.64. The van der Waals surface area contributed by atoms with Gasteiger partial charge in [-0.05, 0) is 48.0 Å². The van der Waals surface area contributed by atoms with Gasteiger partial charge in [0.15, 0.2) is 0 Å². The van der Waals surface area contributed by atoms with Crippen LogP contribution < -0.4 is 10.6 Å². The van der Waals surface area contributed by atoms with Gasteiger partial charge >= 0.3 is 12.1 Å². The number of carbonyl (C=O) groups is 2. The van der Waals surface area contributed by atoms with Gasteiger partial charge in [0.05, 0.1) is 16.3 Å². The predicted octanol–water partition coefficient (Wildman–Crippen LogP) is 4.32. The highest BCUT2D eigenvalue weighted by Gasteiger charge is 2.28. The van der Waals surface area contributed by atoms with Crippen LogP contribution in [0, 0.1) is 5.82 Å². The number of aromatic carboxylic acids is 1. The van der Waals surface area contributed by atoms with Crippen LogP contribution in [0.1, 0.15) is 15.9 Å². The zero-order valence-corrected chi connectivity index (χ0v) is 15.7. The summed E-state index contributed by atoms with van der Waals surface area (Å²) in [5.41, 5.74) is -1.37. The average Bonchev–Trinajstić information content (AvgIpc) is 2.66. The standard InChI is InChI=1S/C19H13ClF4N3O3/c20-15-6-5-12(7-13(15)18(29)30)27-17(28)14(8-25)16(26-9-19(22,23)24)10-1-3-11(21)4-2-10/h1-8,26H,9H2,(H,27,28)(H,29,30)/q-1/b16-14+. The van der Waals surface area contributed by atoms with Crippen LogP contribution in [-0.2, 0) is 4.79 Å². The molecule has 30 heavy (non-hydrogen) atoms. The van der Waals surface area contributed by atoms with Gasteiger partial charge in [-0.2, -0.15) is 19.4 Å². The van der Waals surface area contributed by atoms with Crippen molar-refractivity contribution in [2.24, 2.45) is 0 Å². The topological polar surface area (TPSA) is 101 Å². The summed E-state index contributed by atoms with van der Waals surface area (Å²) in [7, 11) is 0. The number of carboxylic acids is 1. The summed E-state index contributed by atoms with van der Waals surface area (Å²) in [4.78, 5) is 23.7. The number of anilines is 1. The van der Waals surface area contributed by atoms with Crippen molar-refractivity contribution in [3.05, 3.63) is 75.4 Å². The number of nitrogens with one attached hydrogen (secondary N) is 2. The van der Waals surface area contributed by atoms with Gasteiger partial charge in [0, 0.05) is 11.3 Å². The van der Waals surface area contributed by atoms with Crippen molar-refractivity contribution < 1.29 is 32.3 Å². The molecule has 2 aromatic carbocycles. The van der Waals surface area contributed by atoms with Crippen LogP contribution in [-0.4, -0.2) is 35.9 Å². The summed E-state index contributed by atoms with van der Waals surface area (Å²) in [6.07, 6.45) is -4.36. The molecule has 2 rings (SSSR count). The van der Waals surface area contributed by atoms with Crippen molar-refractivity contribution in [1.29, 1.82) is 0 Å². The van der Waals surface area contributed by atoms with Crippen molar-refractivity contribution in [1.82, 2.24) is 5.32 Å². The Labute approximate surface area is 172 Å². The lowest BCUT2D eigenvalue weighted by Gasteiger charge is -2.18. The first-order valence-corrected chi connectivity index (χ1v) is 8.52. The maximum atomic E-state index is 13.2. The van der Waals surface area contributed by atoms with Gasteiger partial charge in [-0.3, -0.25) is 4.79 Å². The molecule has 0 radical (unpaired) electrons. The Morgan fingerprint density at radius 2 is 1.77 bits per heavy atom. The Morgan fingerprint density at radius 3 is 2.30 bits per heavy atom. The summed E-state index contributed by atoms with van der Waals surface area (Å²) >= 11 is 5.75. The molecule has 0 bridgehead atoms. The van der Waals surface area contributed by atoms with Crippen molar-refractivity contribution in [3.8, 4) is 0 Å². The number of halogens is 5. The van der Waals surface area contributed by atoms with Crippen molar-refractivity contribution in [2.75, 3.05) is 11.9 Å². The van der Waals surface area contributed by atoms with Crippen LogP contribution in [0.5, 0.6) is 0 Å². The van der Waals surface area contributed by atoms with Crippen molar-refractivity contribution >= 4 is 41.1 Å². The number of carboxylic acid groups (broad SMARTS) is 1. The van der Waals surface area contributed by atoms with Crippen molar-refractivity contribution in [2.45, 2.75) is 6.18 Å². The van der Waals surface area contributed by atoms with Crippen LogP contribution in [0.15, 0.2) is 48.0 Å². The van der Waals surface area contributed by atoms with E-state index < -0.39 is 41.7 Å². The monoisotopic (exact) mass is 442 g/mol. The van der Waals surface area contributed by atoms with Gasteiger partial charge in [0.25, 0.3) is 5.91 Å². The van der Waals surface area contributed by atoms with Crippen LogP contribution >= 0.6 is 11.6 Å². The zero-order valence-electron chi connectivity index (χ0n) is 14.9. The molecule has 2 aromatic rings. The molecule has 0 aromatic heterocycles. The Balaban J connectivity index is 2.45. The summed E-state index contributed by atoms with van der Waals surface area (Å²) in [5, 5.41) is 22.8. The number of hydrogen-bond acceptors (Lipinski definition) is 3. The minimum absolute atomic E-state index is 0.00145. The molecule has 11 heteroatoms. The van der Waals surface area contributed by atoms with E-state index in [1.165, 1.54) is 12.1 Å². The fourth-order valence-corrected chi connectivity index (χ4v) is 2.56. The Bertz CT molecular complexity index is 1010. The molecule has 0 saturated carbocycles. The van der Waals surface area contributed by atoms with E-state index in [9.17, 15) is 32.6 Å². The highest BCUT2D eigenvalue weighted by atomic mass is 35.5. The lowest BCUT2D eigenvalue weighted by molar-refractivity contribution is -0.122. The highest BCUT2D eigenvalue weighted by molar-refractivity contribution is 6.33. The molecule has 0 aliphatic carbocycles. The van der Waals surface area contributed by atoms with Crippen LogP contribution in [0.4, 0.5) is 23.2 Å². The summed E-state index contributed by atoms with van der Waals surface area (Å²) in [6.45, 7) is -1.53. The van der Waals surface area contributed by atoms with E-state index in [2.05, 4.69) is 5.32 Å². The second-order valence-electron chi connectivity index (χ2n) is 5.85. The maximum absolute atomic E-state index is 13.2. The molecule has 0 spiro atoms. The molecule has 0 aliphatic heterocycles. The zero-order chi connectivity index (χ0) is 22.5. The Hall–Kier alpha value is -3.40. The number of rotatable bonds is 7. The fourth-order valence-electron chi connectivity index (χ4n) is 2.36. The number of hydrogen-bond donors (Lipinski definition) is 3. The molecule has 0 aliphatic rings. The molecular weight excluding hydrogens is 430 g/mol. The molecule has 3 N–H and O–H groups in total. The summed E-state index contributed by atoms with van der Waals surface area (Å²) in [5.74, 6) is -3.07. The Morgan fingerprint density at radius 1 is 1.13 bits per heavy atom. The molecule has 0 fully saturated rings. The molecule has 0 unspecified atom stereocenters. The third kappa shape index (κ3) is 6.05. The van der Waals surface area contributed by atoms with Crippen molar-refractivity contribution in [3.63, 3.8) is 0 Å². The first-order valence-electron chi connectivity index (χ1n) is 8.14. The number of benzene rings is 2. The van der Waals surface area contributed by atoms with E-state index in [0.29, 0.717) is 0 Å². The quantitative estimate of drug-likeness (QED) is 0.338. The lowest BCUT2D eigenvalue weighted by atomic mass is 10.1. The van der Waals surface area contributed by atoms with E-state index in [1.807, 2.05) is 5.32 Å². The lowest BCUT2D eigenvalue weighted by Crippen LogP contribution is -2.30. The predicted molar refractivity (Wildman–Crippen MR) is 104 cm³/mol. The summed E-state index contributed by atoms with van der Waals surface area (Å²) in [6, 6.07) is 7.69. The first-order chi connectivity index (χ1) is 14.0. The van der Waals surface area contributed by atoms with E-state index in [-0.39, 0.29) is 28.1 Å².